The Labute approximate surface area is 194 Å². The Kier molecular flexibility index (Phi) is 8.88. The molecule has 1 unspecified atom stereocenters. The predicted molar refractivity (Wildman–Crippen MR) is 125 cm³/mol. The third-order valence-corrected chi connectivity index (χ3v) is 5.04. The van der Waals surface area contributed by atoms with Crippen molar-refractivity contribution in [3.8, 4) is 17.2 Å². The number of hydrogen-bond acceptors (Lipinski definition) is 6. The van der Waals surface area contributed by atoms with Gasteiger partial charge in [0.25, 0.3) is 0 Å². The van der Waals surface area contributed by atoms with Gasteiger partial charge in [-0.15, -0.1) is 0 Å². The van der Waals surface area contributed by atoms with E-state index in [2.05, 4.69) is 13.8 Å². The largest absolute Gasteiger partial charge is 0.490 e. The van der Waals surface area contributed by atoms with E-state index in [1.807, 2.05) is 54.6 Å². The minimum Gasteiger partial charge on any atom is -0.490 e. The lowest BCUT2D eigenvalue weighted by Gasteiger charge is -2.15. The Balaban J connectivity index is 1.48. The minimum atomic E-state index is -0.560. The Morgan fingerprint density at radius 3 is 2.33 bits per heavy atom. The average molecular weight is 449 g/mol. The first kappa shape index (κ1) is 23.9. The van der Waals surface area contributed by atoms with Gasteiger partial charge in [-0.05, 0) is 54.3 Å². The molecular formula is C27H28O6. The monoisotopic (exact) mass is 448 g/mol. The van der Waals surface area contributed by atoms with Gasteiger partial charge in [0.2, 0.25) is 0 Å². The van der Waals surface area contributed by atoms with Crippen LogP contribution < -0.4 is 14.2 Å². The lowest BCUT2D eigenvalue weighted by Crippen LogP contribution is -2.18. The molecule has 0 saturated heterocycles. The second kappa shape index (κ2) is 12.3. The van der Waals surface area contributed by atoms with E-state index in [-0.39, 0.29) is 31.1 Å². The number of carbonyl (C=O) groups excluding carboxylic acids is 2. The molecule has 33 heavy (non-hydrogen) atoms. The fourth-order valence-corrected chi connectivity index (χ4v) is 3.12. The van der Waals surface area contributed by atoms with Gasteiger partial charge in [-0.25, -0.2) is 9.59 Å². The van der Waals surface area contributed by atoms with Crippen molar-refractivity contribution in [2.75, 3.05) is 19.8 Å². The van der Waals surface area contributed by atoms with Crippen LogP contribution >= 0.6 is 0 Å². The smallest absolute Gasteiger partial charge is 0.349 e. The van der Waals surface area contributed by atoms with Gasteiger partial charge in [-0.3, -0.25) is 0 Å². The van der Waals surface area contributed by atoms with E-state index in [0.29, 0.717) is 17.4 Å². The van der Waals surface area contributed by atoms with Crippen molar-refractivity contribution in [2.45, 2.75) is 26.2 Å². The van der Waals surface area contributed by atoms with Crippen LogP contribution in [-0.4, -0.2) is 31.8 Å². The van der Waals surface area contributed by atoms with Crippen molar-refractivity contribution in [3.05, 3.63) is 90.0 Å². The van der Waals surface area contributed by atoms with Gasteiger partial charge in [-0.1, -0.05) is 56.3 Å². The molecule has 0 saturated carbocycles. The summed E-state index contributed by atoms with van der Waals surface area (Å²) >= 11 is 0. The highest BCUT2D eigenvalue weighted by Gasteiger charge is 2.14. The van der Waals surface area contributed by atoms with Crippen LogP contribution in [0, 0.1) is 0 Å². The summed E-state index contributed by atoms with van der Waals surface area (Å²) in [4.78, 5) is 24.6. The molecule has 0 spiro atoms. The second-order valence-corrected chi connectivity index (χ2v) is 7.44. The first-order valence-corrected chi connectivity index (χ1v) is 10.9. The van der Waals surface area contributed by atoms with Gasteiger partial charge in [0.1, 0.15) is 30.5 Å². The van der Waals surface area contributed by atoms with Gasteiger partial charge in [-0.2, -0.15) is 0 Å². The summed E-state index contributed by atoms with van der Waals surface area (Å²) in [6.07, 6.45) is 0.964. The van der Waals surface area contributed by atoms with Crippen LogP contribution in [0.25, 0.3) is 0 Å². The standard InChI is InChI=1S/C27H28O6/c1-3-20(2)24-14-7-8-15-25(24)32-19-26(28)33-23-13-9-10-21(18-23)27(29)31-17-16-30-22-11-5-4-6-12-22/h4-15,18,20H,3,16-17,19H2,1-2H3. The Morgan fingerprint density at radius 1 is 0.818 bits per heavy atom. The number of para-hydroxylation sites is 2. The van der Waals surface area contributed by atoms with Gasteiger partial charge < -0.3 is 18.9 Å². The van der Waals surface area contributed by atoms with Crippen molar-refractivity contribution in [1.82, 2.24) is 0 Å². The Hall–Kier alpha value is -3.80. The molecular weight excluding hydrogens is 420 g/mol. The van der Waals surface area contributed by atoms with Crippen LogP contribution in [0.4, 0.5) is 0 Å². The number of carbonyl (C=O) groups is 2. The molecule has 6 nitrogen and oxygen atoms in total. The summed E-state index contributed by atoms with van der Waals surface area (Å²) in [5, 5.41) is 0. The first-order valence-electron chi connectivity index (χ1n) is 10.9. The number of esters is 2. The summed E-state index contributed by atoms with van der Waals surface area (Å²) < 4.78 is 21.8. The molecule has 6 heteroatoms. The van der Waals surface area contributed by atoms with Gasteiger partial charge in [0.05, 0.1) is 5.56 Å². The molecule has 0 aliphatic rings. The van der Waals surface area contributed by atoms with Crippen molar-refractivity contribution in [1.29, 1.82) is 0 Å². The van der Waals surface area contributed by atoms with E-state index in [0.717, 1.165) is 12.0 Å². The molecule has 0 radical (unpaired) electrons. The lowest BCUT2D eigenvalue weighted by atomic mass is 9.98. The highest BCUT2D eigenvalue weighted by molar-refractivity contribution is 5.90. The maximum absolute atomic E-state index is 12.3. The van der Waals surface area contributed by atoms with Crippen molar-refractivity contribution < 1.29 is 28.5 Å². The van der Waals surface area contributed by atoms with Gasteiger partial charge in [0.15, 0.2) is 6.61 Å². The Bertz CT molecular complexity index is 1050. The Morgan fingerprint density at radius 2 is 1.55 bits per heavy atom. The number of ether oxygens (including phenoxy) is 4. The average Bonchev–Trinajstić information content (AvgIpc) is 2.85. The van der Waals surface area contributed by atoms with Crippen LogP contribution in [0.3, 0.4) is 0 Å². The molecule has 0 aliphatic heterocycles. The summed E-state index contributed by atoms with van der Waals surface area (Å²) in [7, 11) is 0. The number of rotatable bonds is 11. The number of benzene rings is 3. The van der Waals surface area contributed by atoms with Crippen LogP contribution in [0.5, 0.6) is 17.2 Å². The van der Waals surface area contributed by atoms with Crippen LogP contribution in [0.15, 0.2) is 78.9 Å². The maximum Gasteiger partial charge on any atom is 0.349 e. The fourth-order valence-electron chi connectivity index (χ4n) is 3.12. The van der Waals surface area contributed by atoms with Gasteiger partial charge in [0, 0.05) is 0 Å². The van der Waals surface area contributed by atoms with E-state index in [9.17, 15) is 9.59 Å². The quantitative estimate of drug-likeness (QED) is 0.222. The zero-order chi connectivity index (χ0) is 23.5. The fraction of sp³-hybridized carbons (Fsp3) is 0.259. The normalized spacial score (nSPS) is 11.3. The molecule has 3 aromatic rings. The SMILES string of the molecule is CCC(C)c1ccccc1OCC(=O)Oc1cccc(C(=O)OCCOc2ccccc2)c1. The molecule has 0 aliphatic carbocycles. The zero-order valence-electron chi connectivity index (χ0n) is 18.9. The topological polar surface area (TPSA) is 71.1 Å². The first-order chi connectivity index (χ1) is 16.1. The number of hydrogen-bond donors (Lipinski definition) is 0. The molecule has 3 aromatic carbocycles. The van der Waals surface area contributed by atoms with Crippen LogP contribution in [-0.2, 0) is 9.53 Å². The third-order valence-electron chi connectivity index (χ3n) is 5.04. The van der Waals surface area contributed by atoms with E-state index in [4.69, 9.17) is 18.9 Å². The van der Waals surface area contributed by atoms with Crippen LogP contribution in [0.1, 0.15) is 42.1 Å². The third kappa shape index (κ3) is 7.38. The molecule has 0 amide bonds. The van der Waals surface area contributed by atoms with E-state index < -0.39 is 11.9 Å². The van der Waals surface area contributed by atoms with Crippen LogP contribution in [0.2, 0.25) is 0 Å². The zero-order valence-corrected chi connectivity index (χ0v) is 18.9. The summed E-state index contributed by atoms with van der Waals surface area (Å²) in [5.41, 5.74) is 1.33. The summed E-state index contributed by atoms with van der Waals surface area (Å²) in [5.74, 6) is 0.848. The molecule has 0 bridgehead atoms. The summed E-state index contributed by atoms with van der Waals surface area (Å²) in [6.45, 7) is 4.31. The molecule has 0 aromatic heterocycles. The van der Waals surface area contributed by atoms with Crippen molar-refractivity contribution in [2.24, 2.45) is 0 Å². The highest BCUT2D eigenvalue weighted by atomic mass is 16.6. The maximum atomic E-state index is 12.3. The molecule has 1 atom stereocenters. The summed E-state index contributed by atoms with van der Waals surface area (Å²) in [6, 6.07) is 23.2. The minimum absolute atomic E-state index is 0.0984. The van der Waals surface area contributed by atoms with Crippen molar-refractivity contribution >= 4 is 11.9 Å². The molecule has 172 valence electrons. The van der Waals surface area contributed by atoms with Crippen molar-refractivity contribution in [3.63, 3.8) is 0 Å². The highest BCUT2D eigenvalue weighted by Crippen LogP contribution is 2.28. The molecule has 0 N–H and O–H groups in total. The predicted octanol–water partition coefficient (Wildman–Crippen LogP) is 5.42. The lowest BCUT2D eigenvalue weighted by molar-refractivity contribution is -0.136. The molecule has 0 heterocycles. The van der Waals surface area contributed by atoms with E-state index in [1.54, 1.807) is 18.2 Å². The molecule has 0 fully saturated rings. The van der Waals surface area contributed by atoms with E-state index in [1.165, 1.54) is 6.07 Å². The van der Waals surface area contributed by atoms with Gasteiger partial charge >= 0.3 is 11.9 Å². The van der Waals surface area contributed by atoms with E-state index >= 15 is 0 Å². The second-order valence-electron chi connectivity index (χ2n) is 7.44. The molecule has 3 rings (SSSR count).